The van der Waals surface area contributed by atoms with E-state index in [1.807, 2.05) is 0 Å². The zero-order valence-electron chi connectivity index (χ0n) is 12.0. The molecule has 1 saturated carbocycles. The monoisotopic (exact) mass is 259 g/mol. The molecule has 0 aromatic heterocycles. The van der Waals surface area contributed by atoms with Crippen molar-refractivity contribution in [2.75, 3.05) is 6.61 Å². The maximum atomic E-state index is 6.45. The van der Waals surface area contributed by atoms with E-state index in [-0.39, 0.29) is 0 Å². The lowest BCUT2D eigenvalue weighted by molar-refractivity contribution is 0.251. The number of benzene rings is 1. The van der Waals surface area contributed by atoms with Gasteiger partial charge in [0.25, 0.3) is 0 Å². The second kappa shape index (κ2) is 5.16. The molecule has 1 fully saturated rings. The number of rotatable bonds is 4. The summed E-state index contributed by atoms with van der Waals surface area (Å²) in [6.45, 7) is 3.22. The molecule has 2 nitrogen and oxygen atoms in total. The van der Waals surface area contributed by atoms with Crippen LogP contribution in [0.25, 0.3) is 0 Å². The van der Waals surface area contributed by atoms with E-state index in [1.54, 1.807) is 0 Å². The summed E-state index contributed by atoms with van der Waals surface area (Å²) >= 11 is 0. The third-order valence-corrected chi connectivity index (χ3v) is 5.14. The van der Waals surface area contributed by atoms with Crippen LogP contribution in [0.15, 0.2) is 18.2 Å². The molecule has 19 heavy (non-hydrogen) atoms. The summed E-state index contributed by atoms with van der Waals surface area (Å²) < 4.78 is 5.55. The van der Waals surface area contributed by atoms with E-state index in [0.717, 1.165) is 31.6 Å². The molecule has 3 rings (SSSR count). The van der Waals surface area contributed by atoms with Crippen LogP contribution < -0.4 is 10.5 Å². The van der Waals surface area contributed by atoms with Gasteiger partial charge in [-0.15, -0.1) is 0 Å². The zero-order chi connectivity index (χ0) is 13.3. The molecule has 104 valence electrons. The van der Waals surface area contributed by atoms with Gasteiger partial charge in [-0.05, 0) is 48.3 Å². The highest BCUT2D eigenvalue weighted by atomic mass is 16.5. The van der Waals surface area contributed by atoms with Crippen LogP contribution in [0.4, 0.5) is 0 Å². The Morgan fingerprint density at radius 1 is 1.32 bits per heavy atom. The average Bonchev–Trinajstić information content (AvgIpc) is 3.04. The summed E-state index contributed by atoms with van der Waals surface area (Å²) in [5, 5.41) is 0. The minimum Gasteiger partial charge on any atom is -0.493 e. The van der Waals surface area contributed by atoms with E-state index >= 15 is 0 Å². The molecule has 0 spiro atoms. The summed E-state index contributed by atoms with van der Waals surface area (Å²) in [4.78, 5) is 0. The van der Waals surface area contributed by atoms with Gasteiger partial charge < -0.3 is 10.5 Å². The smallest absolute Gasteiger partial charge is 0.122 e. The van der Waals surface area contributed by atoms with Crippen molar-refractivity contribution < 1.29 is 4.74 Å². The molecule has 1 heterocycles. The SMILES string of the molecule is CC1(C(N)CCc2ccc3c(c2)CCO3)CCCC1. The minimum absolute atomic E-state index is 0.347. The van der Waals surface area contributed by atoms with Gasteiger partial charge in [0.15, 0.2) is 0 Å². The third kappa shape index (κ3) is 2.64. The van der Waals surface area contributed by atoms with Gasteiger partial charge in [0.05, 0.1) is 6.61 Å². The third-order valence-electron chi connectivity index (χ3n) is 5.14. The van der Waals surface area contributed by atoms with Crippen molar-refractivity contribution in [1.29, 1.82) is 0 Å². The lowest BCUT2D eigenvalue weighted by Gasteiger charge is -2.31. The van der Waals surface area contributed by atoms with Gasteiger partial charge in [0.1, 0.15) is 5.75 Å². The molecule has 1 aromatic carbocycles. The topological polar surface area (TPSA) is 35.2 Å². The molecule has 2 heteroatoms. The Labute approximate surface area is 116 Å². The van der Waals surface area contributed by atoms with Crippen LogP contribution in [0.3, 0.4) is 0 Å². The number of ether oxygens (including phenoxy) is 1. The van der Waals surface area contributed by atoms with Crippen molar-refractivity contribution in [3.05, 3.63) is 29.3 Å². The summed E-state index contributed by atoms with van der Waals surface area (Å²) in [5.41, 5.74) is 9.63. The van der Waals surface area contributed by atoms with Crippen molar-refractivity contribution in [2.45, 2.75) is 57.9 Å². The highest BCUT2D eigenvalue weighted by molar-refractivity contribution is 5.39. The fourth-order valence-electron chi connectivity index (χ4n) is 3.62. The van der Waals surface area contributed by atoms with Crippen molar-refractivity contribution in [3.8, 4) is 5.75 Å². The number of nitrogens with two attached hydrogens (primary N) is 1. The van der Waals surface area contributed by atoms with Crippen LogP contribution in [0.5, 0.6) is 5.75 Å². The lowest BCUT2D eigenvalue weighted by atomic mass is 9.78. The van der Waals surface area contributed by atoms with Crippen LogP contribution in [-0.4, -0.2) is 12.6 Å². The number of aryl methyl sites for hydroxylation is 1. The quantitative estimate of drug-likeness (QED) is 0.898. The maximum absolute atomic E-state index is 6.45. The maximum Gasteiger partial charge on any atom is 0.122 e. The van der Waals surface area contributed by atoms with Crippen molar-refractivity contribution in [1.82, 2.24) is 0 Å². The molecule has 0 radical (unpaired) electrons. The van der Waals surface area contributed by atoms with Crippen molar-refractivity contribution in [2.24, 2.45) is 11.1 Å². The highest BCUT2D eigenvalue weighted by Crippen LogP contribution is 2.41. The molecule has 1 aromatic rings. The number of hydrogen-bond acceptors (Lipinski definition) is 2. The Morgan fingerprint density at radius 3 is 2.89 bits per heavy atom. The largest absolute Gasteiger partial charge is 0.493 e. The average molecular weight is 259 g/mol. The summed E-state index contributed by atoms with van der Waals surface area (Å²) in [5.74, 6) is 1.08. The van der Waals surface area contributed by atoms with Gasteiger partial charge in [-0.1, -0.05) is 31.9 Å². The fourth-order valence-corrected chi connectivity index (χ4v) is 3.62. The van der Waals surface area contributed by atoms with Gasteiger partial charge in [-0.3, -0.25) is 0 Å². The first-order valence-electron chi connectivity index (χ1n) is 7.68. The van der Waals surface area contributed by atoms with Gasteiger partial charge in [-0.2, -0.15) is 0 Å². The van der Waals surface area contributed by atoms with Gasteiger partial charge >= 0.3 is 0 Å². The Morgan fingerprint density at radius 2 is 2.11 bits per heavy atom. The van der Waals surface area contributed by atoms with E-state index in [0.29, 0.717) is 11.5 Å². The fraction of sp³-hybridized carbons (Fsp3) is 0.647. The van der Waals surface area contributed by atoms with E-state index in [9.17, 15) is 0 Å². The van der Waals surface area contributed by atoms with E-state index in [4.69, 9.17) is 10.5 Å². The van der Waals surface area contributed by atoms with Crippen LogP contribution in [0.2, 0.25) is 0 Å². The van der Waals surface area contributed by atoms with E-state index in [1.165, 1.54) is 36.8 Å². The molecule has 2 N–H and O–H groups in total. The Hall–Kier alpha value is -1.02. The summed E-state index contributed by atoms with van der Waals surface area (Å²) in [6.07, 6.45) is 8.62. The van der Waals surface area contributed by atoms with Gasteiger partial charge in [0, 0.05) is 12.5 Å². The predicted molar refractivity (Wildman–Crippen MR) is 78.5 cm³/mol. The van der Waals surface area contributed by atoms with Crippen LogP contribution >= 0.6 is 0 Å². The Kier molecular flexibility index (Phi) is 3.53. The standard InChI is InChI=1S/C17H25NO/c1-17(9-2-3-10-17)16(18)7-5-13-4-6-15-14(12-13)8-11-19-15/h4,6,12,16H,2-3,5,7-11,18H2,1H3. The second-order valence-corrected chi connectivity index (χ2v) is 6.55. The Bertz CT molecular complexity index is 449. The molecular formula is C17H25NO. The van der Waals surface area contributed by atoms with Gasteiger partial charge in [-0.25, -0.2) is 0 Å². The van der Waals surface area contributed by atoms with Crippen LogP contribution in [-0.2, 0) is 12.8 Å². The summed E-state index contributed by atoms with van der Waals surface area (Å²) in [7, 11) is 0. The lowest BCUT2D eigenvalue weighted by Crippen LogP contribution is -2.37. The molecule has 0 bridgehead atoms. The minimum atomic E-state index is 0.347. The first kappa shape index (κ1) is 13.0. The first-order valence-corrected chi connectivity index (χ1v) is 7.68. The molecule has 0 saturated heterocycles. The molecule has 1 unspecified atom stereocenters. The van der Waals surface area contributed by atoms with E-state index < -0.39 is 0 Å². The van der Waals surface area contributed by atoms with Gasteiger partial charge in [0.2, 0.25) is 0 Å². The normalized spacial score (nSPS) is 22.0. The highest BCUT2D eigenvalue weighted by Gasteiger charge is 2.34. The molecular weight excluding hydrogens is 234 g/mol. The van der Waals surface area contributed by atoms with Crippen LogP contribution in [0, 0.1) is 5.41 Å². The summed E-state index contributed by atoms with van der Waals surface area (Å²) in [6, 6.07) is 6.99. The molecule has 1 aliphatic carbocycles. The zero-order valence-corrected chi connectivity index (χ0v) is 12.0. The first-order chi connectivity index (χ1) is 9.17. The molecule has 0 amide bonds. The number of fused-ring (bicyclic) bond motifs is 1. The molecule has 2 aliphatic rings. The molecule has 1 atom stereocenters. The Balaban J connectivity index is 1.60. The van der Waals surface area contributed by atoms with Crippen molar-refractivity contribution >= 4 is 0 Å². The van der Waals surface area contributed by atoms with Crippen molar-refractivity contribution in [3.63, 3.8) is 0 Å². The van der Waals surface area contributed by atoms with Crippen LogP contribution in [0.1, 0.15) is 50.2 Å². The predicted octanol–water partition coefficient (Wildman–Crippen LogP) is 3.46. The van der Waals surface area contributed by atoms with E-state index in [2.05, 4.69) is 25.1 Å². The second-order valence-electron chi connectivity index (χ2n) is 6.55. The molecule has 1 aliphatic heterocycles. The number of hydrogen-bond donors (Lipinski definition) is 1.